The number of para-hydroxylation sites is 1. The number of nitrogens with one attached hydrogen (secondary N) is 1. The van der Waals surface area contributed by atoms with Gasteiger partial charge in [0.05, 0.1) is 37.9 Å². The quantitative estimate of drug-likeness (QED) is 0.615. The number of hydrogen-bond donors (Lipinski definition) is 1. The third-order valence-corrected chi connectivity index (χ3v) is 5.53. The molecule has 0 saturated carbocycles. The fraction of sp³-hybridized carbons (Fsp3) is 0.240. The predicted molar refractivity (Wildman–Crippen MR) is 121 cm³/mol. The highest BCUT2D eigenvalue weighted by molar-refractivity contribution is 6.11. The maximum absolute atomic E-state index is 13.2. The molecule has 1 aliphatic heterocycles. The molecule has 1 aromatic heterocycles. The zero-order valence-electron chi connectivity index (χ0n) is 18.3. The van der Waals surface area contributed by atoms with Crippen molar-refractivity contribution in [2.45, 2.75) is 25.9 Å². The van der Waals surface area contributed by atoms with Gasteiger partial charge in [-0.05, 0) is 42.8 Å². The maximum Gasteiger partial charge on any atom is 0.260 e. The van der Waals surface area contributed by atoms with E-state index in [2.05, 4.69) is 10.3 Å². The van der Waals surface area contributed by atoms with Crippen molar-refractivity contribution in [3.63, 3.8) is 0 Å². The minimum atomic E-state index is -0.479. The predicted octanol–water partition coefficient (Wildman–Crippen LogP) is 3.82. The molecule has 0 saturated heterocycles. The third kappa shape index (κ3) is 4.01. The summed E-state index contributed by atoms with van der Waals surface area (Å²) in [7, 11) is 3.14. The molecule has 2 aromatic carbocycles. The number of fused-ring (bicyclic) bond motifs is 1. The van der Waals surface area contributed by atoms with Crippen molar-refractivity contribution in [1.29, 1.82) is 0 Å². The van der Waals surface area contributed by atoms with E-state index in [1.165, 1.54) is 0 Å². The minimum Gasteiger partial charge on any atom is -0.493 e. The van der Waals surface area contributed by atoms with Crippen LogP contribution in [0.4, 0.5) is 5.69 Å². The van der Waals surface area contributed by atoms with E-state index in [0.29, 0.717) is 22.8 Å². The highest BCUT2D eigenvalue weighted by atomic mass is 16.5. The second-order valence-corrected chi connectivity index (χ2v) is 7.60. The summed E-state index contributed by atoms with van der Waals surface area (Å²) >= 11 is 0. The second-order valence-electron chi connectivity index (χ2n) is 7.60. The summed E-state index contributed by atoms with van der Waals surface area (Å²) < 4.78 is 10.8. The fourth-order valence-corrected chi connectivity index (χ4v) is 4.05. The van der Waals surface area contributed by atoms with E-state index < -0.39 is 6.04 Å². The molecule has 1 N–H and O–H groups in total. The van der Waals surface area contributed by atoms with Crippen molar-refractivity contribution < 1.29 is 19.1 Å². The number of nitrogens with zero attached hydrogens (tertiary/aromatic N) is 2. The summed E-state index contributed by atoms with van der Waals surface area (Å²) in [5.74, 6) is 0.846. The van der Waals surface area contributed by atoms with Crippen LogP contribution in [-0.2, 0) is 11.3 Å². The Morgan fingerprint density at radius 1 is 1.09 bits per heavy atom. The highest BCUT2D eigenvalue weighted by Gasteiger charge is 2.39. The van der Waals surface area contributed by atoms with Crippen LogP contribution in [0.25, 0.3) is 0 Å². The van der Waals surface area contributed by atoms with Crippen LogP contribution in [0.1, 0.15) is 39.6 Å². The normalized spacial score (nSPS) is 14.8. The van der Waals surface area contributed by atoms with Crippen molar-refractivity contribution >= 4 is 17.5 Å². The number of amides is 2. The van der Waals surface area contributed by atoms with E-state index in [1.807, 2.05) is 43.3 Å². The van der Waals surface area contributed by atoms with Crippen LogP contribution in [0, 0.1) is 6.92 Å². The third-order valence-electron chi connectivity index (χ3n) is 5.53. The van der Waals surface area contributed by atoms with E-state index in [0.717, 1.165) is 16.8 Å². The van der Waals surface area contributed by atoms with Crippen LogP contribution in [-0.4, -0.2) is 31.0 Å². The van der Waals surface area contributed by atoms with Crippen molar-refractivity contribution in [3.05, 3.63) is 83.2 Å². The standard InChI is InChI=1S/C25H25N3O4/c1-16-7-4-9-18(13-16)28-20(23-19(25(28)30)10-6-12-26-23)14-22(29)27-15-17-8-5-11-21(31-2)24(17)32-3/h4-13,20H,14-15H2,1-3H3,(H,27,29)/t20-/m1/s1. The molecule has 164 valence electrons. The molecule has 7 heteroatoms. The van der Waals surface area contributed by atoms with Gasteiger partial charge in [0.15, 0.2) is 11.5 Å². The number of aromatic nitrogens is 1. The maximum atomic E-state index is 13.2. The molecule has 1 aliphatic rings. The van der Waals surface area contributed by atoms with E-state index in [4.69, 9.17) is 9.47 Å². The van der Waals surface area contributed by atoms with E-state index in [1.54, 1.807) is 43.5 Å². The number of ether oxygens (including phenoxy) is 2. The zero-order chi connectivity index (χ0) is 22.7. The van der Waals surface area contributed by atoms with E-state index >= 15 is 0 Å². The Kier molecular flexibility index (Phi) is 6.07. The van der Waals surface area contributed by atoms with Gasteiger partial charge < -0.3 is 14.8 Å². The van der Waals surface area contributed by atoms with Gasteiger partial charge in [-0.3, -0.25) is 19.5 Å². The first kappa shape index (κ1) is 21.4. The molecule has 3 aromatic rings. The lowest BCUT2D eigenvalue weighted by molar-refractivity contribution is -0.121. The Morgan fingerprint density at radius 2 is 1.91 bits per heavy atom. The van der Waals surface area contributed by atoms with Gasteiger partial charge in [-0.1, -0.05) is 24.3 Å². The Bertz CT molecular complexity index is 1160. The molecule has 0 fully saturated rings. The smallest absolute Gasteiger partial charge is 0.260 e. The first-order valence-electron chi connectivity index (χ1n) is 10.3. The van der Waals surface area contributed by atoms with Gasteiger partial charge in [0.1, 0.15) is 0 Å². The lowest BCUT2D eigenvalue weighted by Crippen LogP contribution is -2.33. The molecule has 0 unspecified atom stereocenters. The second kappa shape index (κ2) is 9.09. The van der Waals surface area contributed by atoms with Crippen LogP contribution in [0.2, 0.25) is 0 Å². The SMILES string of the molecule is COc1cccc(CNC(=O)C[C@@H]2c3ncccc3C(=O)N2c2cccc(C)c2)c1OC. The number of aryl methyl sites for hydroxylation is 1. The average Bonchev–Trinajstić information content (AvgIpc) is 3.08. The Labute approximate surface area is 187 Å². The van der Waals surface area contributed by atoms with Gasteiger partial charge in [-0.2, -0.15) is 0 Å². The summed E-state index contributed by atoms with van der Waals surface area (Å²) in [5.41, 5.74) is 3.74. The van der Waals surface area contributed by atoms with Gasteiger partial charge >= 0.3 is 0 Å². The Balaban J connectivity index is 1.56. The van der Waals surface area contributed by atoms with Crippen LogP contribution in [0.3, 0.4) is 0 Å². The van der Waals surface area contributed by atoms with E-state index in [9.17, 15) is 9.59 Å². The number of pyridine rings is 1. The van der Waals surface area contributed by atoms with Gasteiger partial charge in [0.25, 0.3) is 5.91 Å². The number of carbonyl (C=O) groups is 2. The lowest BCUT2D eigenvalue weighted by Gasteiger charge is -2.25. The van der Waals surface area contributed by atoms with Gasteiger partial charge in [-0.25, -0.2) is 0 Å². The number of anilines is 1. The Morgan fingerprint density at radius 3 is 2.66 bits per heavy atom. The summed E-state index contributed by atoms with van der Waals surface area (Å²) in [6.07, 6.45) is 1.74. The van der Waals surface area contributed by atoms with Crippen molar-refractivity contribution in [2.24, 2.45) is 0 Å². The summed E-state index contributed by atoms with van der Waals surface area (Å²) in [6, 6.07) is 16.2. The average molecular weight is 431 g/mol. The monoisotopic (exact) mass is 431 g/mol. The number of methoxy groups -OCH3 is 2. The molecule has 0 bridgehead atoms. The molecular weight excluding hydrogens is 406 g/mol. The molecule has 1 atom stereocenters. The van der Waals surface area contributed by atoms with Crippen molar-refractivity contribution in [1.82, 2.24) is 10.3 Å². The Hall–Kier alpha value is -3.87. The molecular formula is C25H25N3O4. The molecule has 2 heterocycles. The van der Waals surface area contributed by atoms with Crippen LogP contribution >= 0.6 is 0 Å². The first-order chi connectivity index (χ1) is 15.5. The summed E-state index contributed by atoms with van der Waals surface area (Å²) in [5, 5.41) is 2.94. The molecule has 0 spiro atoms. The summed E-state index contributed by atoms with van der Waals surface area (Å²) in [6.45, 7) is 2.25. The minimum absolute atomic E-state index is 0.0932. The first-order valence-corrected chi connectivity index (χ1v) is 10.3. The lowest BCUT2D eigenvalue weighted by atomic mass is 10.1. The zero-order valence-corrected chi connectivity index (χ0v) is 18.3. The van der Waals surface area contributed by atoms with Crippen molar-refractivity contribution in [2.75, 3.05) is 19.1 Å². The van der Waals surface area contributed by atoms with Crippen LogP contribution in [0.15, 0.2) is 60.8 Å². The summed E-state index contributed by atoms with van der Waals surface area (Å²) in [4.78, 5) is 32.2. The van der Waals surface area contributed by atoms with E-state index in [-0.39, 0.29) is 24.8 Å². The molecule has 2 amide bonds. The highest BCUT2D eigenvalue weighted by Crippen LogP contribution is 2.38. The molecule has 0 radical (unpaired) electrons. The number of carbonyl (C=O) groups excluding carboxylic acids is 2. The number of rotatable bonds is 7. The number of hydrogen-bond acceptors (Lipinski definition) is 5. The van der Waals surface area contributed by atoms with Gasteiger partial charge in [-0.15, -0.1) is 0 Å². The molecule has 4 rings (SSSR count). The number of benzene rings is 2. The van der Waals surface area contributed by atoms with Gasteiger partial charge in [0.2, 0.25) is 5.91 Å². The topological polar surface area (TPSA) is 80.8 Å². The van der Waals surface area contributed by atoms with Gasteiger partial charge in [0, 0.05) is 24.0 Å². The molecule has 0 aliphatic carbocycles. The molecule has 32 heavy (non-hydrogen) atoms. The van der Waals surface area contributed by atoms with Crippen LogP contribution < -0.4 is 19.7 Å². The molecule has 7 nitrogen and oxygen atoms in total. The van der Waals surface area contributed by atoms with Crippen LogP contribution in [0.5, 0.6) is 11.5 Å². The largest absolute Gasteiger partial charge is 0.493 e. The fourth-order valence-electron chi connectivity index (χ4n) is 4.05. The van der Waals surface area contributed by atoms with Crippen molar-refractivity contribution in [3.8, 4) is 11.5 Å².